The number of nitrogens with zero attached hydrogens (tertiary/aromatic N) is 2. The summed E-state index contributed by atoms with van der Waals surface area (Å²) in [6.07, 6.45) is 4.38. The Balaban J connectivity index is 2.23. The number of nitrogen functional groups attached to an aromatic ring is 1. The number of anilines is 2. The molecule has 4 nitrogen and oxygen atoms in total. The maximum Gasteiger partial charge on any atom is 0.169 e. The van der Waals surface area contributed by atoms with E-state index in [0.29, 0.717) is 11.6 Å². The molecule has 108 valence electrons. The van der Waals surface area contributed by atoms with Crippen molar-refractivity contribution in [2.75, 3.05) is 23.9 Å². The first-order chi connectivity index (χ1) is 9.64. The smallest absolute Gasteiger partial charge is 0.169 e. The van der Waals surface area contributed by atoms with Gasteiger partial charge in [-0.1, -0.05) is 26.0 Å². The number of hydrogen-bond donors (Lipinski definition) is 2. The molecule has 0 fully saturated rings. The lowest BCUT2D eigenvalue weighted by Gasteiger charge is -2.30. The molecule has 0 saturated carbocycles. The Bertz CT molecular complexity index is 573. The van der Waals surface area contributed by atoms with Crippen LogP contribution in [-0.4, -0.2) is 27.5 Å². The summed E-state index contributed by atoms with van der Waals surface area (Å²) in [5.41, 5.74) is 7.70. The predicted molar refractivity (Wildman–Crippen MR) is 89.3 cm³/mol. The van der Waals surface area contributed by atoms with Gasteiger partial charge in [0.1, 0.15) is 0 Å². The molecule has 0 saturated heterocycles. The molecule has 0 spiro atoms. The van der Waals surface area contributed by atoms with Gasteiger partial charge in [-0.05, 0) is 31.2 Å². The number of nitrogens with one attached hydrogen (secondary N) is 1. The summed E-state index contributed by atoms with van der Waals surface area (Å²) in [6, 6.07) is 7.78. The summed E-state index contributed by atoms with van der Waals surface area (Å²) in [5, 5.41) is 3.38. The van der Waals surface area contributed by atoms with Crippen LogP contribution in [0.5, 0.6) is 0 Å². The van der Waals surface area contributed by atoms with Crippen LogP contribution >= 0.6 is 11.8 Å². The quantitative estimate of drug-likeness (QED) is 0.852. The van der Waals surface area contributed by atoms with E-state index in [1.165, 1.54) is 0 Å². The van der Waals surface area contributed by atoms with Gasteiger partial charge in [0.15, 0.2) is 11.6 Å². The standard InChI is InChI=1S/C15H22N4S/c1-4-15(5-2,20-3)10-17-14-13(16)18-11-8-6-7-9-12(11)19-14/h6-9H,4-5,10H2,1-3H3,(H2,16,18)(H,17,19). The number of fused-ring (bicyclic) bond motifs is 1. The molecule has 0 aliphatic carbocycles. The normalized spacial score (nSPS) is 11.8. The van der Waals surface area contributed by atoms with Crippen LogP contribution in [0.1, 0.15) is 26.7 Å². The van der Waals surface area contributed by atoms with Crippen LogP contribution in [-0.2, 0) is 0 Å². The monoisotopic (exact) mass is 290 g/mol. The SMILES string of the molecule is CCC(CC)(CNc1nc2ccccc2nc1N)SC. The van der Waals surface area contributed by atoms with E-state index in [9.17, 15) is 0 Å². The van der Waals surface area contributed by atoms with Gasteiger partial charge in [0, 0.05) is 11.3 Å². The average Bonchev–Trinajstić information content (AvgIpc) is 2.49. The van der Waals surface area contributed by atoms with Crippen LogP contribution in [0, 0.1) is 0 Å². The molecule has 0 unspecified atom stereocenters. The summed E-state index contributed by atoms with van der Waals surface area (Å²) >= 11 is 1.89. The van der Waals surface area contributed by atoms with Crippen LogP contribution in [0.3, 0.4) is 0 Å². The number of thioether (sulfide) groups is 1. The maximum absolute atomic E-state index is 6.00. The summed E-state index contributed by atoms with van der Waals surface area (Å²) in [5.74, 6) is 1.15. The molecule has 2 aromatic rings. The van der Waals surface area contributed by atoms with E-state index >= 15 is 0 Å². The Morgan fingerprint density at radius 1 is 1.15 bits per heavy atom. The minimum Gasteiger partial charge on any atom is -0.381 e. The lowest BCUT2D eigenvalue weighted by molar-refractivity contribution is 0.574. The molecule has 2 rings (SSSR count). The van der Waals surface area contributed by atoms with E-state index in [0.717, 1.165) is 30.4 Å². The van der Waals surface area contributed by atoms with Crippen LogP contribution in [0.2, 0.25) is 0 Å². The van der Waals surface area contributed by atoms with E-state index in [2.05, 4.69) is 35.4 Å². The van der Waals surface area contributed by atoms with Crippen LogP contribution < -0.4 is 11.1 Å². The van der Waals surface area contributed by atoms with E-state index in [-0.39, 0.29) is 4.75 Å². The number of aromatic nitrogens is 2. The lowest BCUT2D eigenvalue weighted by Crippen LogP contribution is -2.32. The highest BCUT2D eigenvalue weighted by molar-refractivity contribution is 8.00. The molecule has 1 heterocycles. The van der Waals surface area contributed by atoms with Crippen molar-refractivity contribution in [1.29, 1.82) is 0 Å². The lowest BCUT2D eigenvalue weighted by atomic mass is 10.0. The summed E-state index contributed by atoms with van der Waals surface area (Å²) < 4.78 is 0.222. The second-order valence-corrected chi connectivity index (χ2v) is 6.17. The van der Waals surface area contributed by atoms with Crippen molar-refractivity contribution < 1.29 is 0 Å². The largest absolute Gasteiger partial charge is 0.381 e. The van der Waals surface area contributed by atoms with Gasteiger partial charge in [-0.25, -0.2) is 9.97 Å². The zero-order chi connectivity index (χ0) is 14.6. The van der Waals surface area contributed by atoms with Crippen molar-refractivity contribution in [3.8, 4) is 0 Å². The molecule has 1 aromatic carbocycles. The van der Waals surface area contributed by atoms with Crippen molar-refractivity contribution in [3.63, 3.8) is 0 Å². The molecular formula is C15H22N4S. The average molecular weight is 290 g/mol. The summed E-state index contributed by atoms with van der Waals surface area (Å²) in [4.78, 5) is 8.97. The van der Waals surface area contributed by atoms with Gasteiger partial charge in [-0.3, -0.25) is 0 Å². The molecule has 0 atom stereocenters. The molecule has 20 heavy (non-hydrogen) atoms. The minimum atomic E-state index is 0.222. The topological polar surface area (TPSA) is 63.8 Å². The minimum absolute atomic E-state index is 0.222. The third-order valence-electron chi connectivity index (χ3n) is 3.90. The number of para-hydroxylation sites is 2. The fourth-order valence-electron chi connectivity index (χ4n) is 2.25. The molecule has 3 N–H and O–H groups in total. The van der Waals surface area contributed by atoms with Crippen LogP contribution in [0.4, 0.5) is 11.6 Å². The Morgan fingerprint density at radius 2 is 1.75 bits per heavy atom. The Labute approximate surface area is 124 Å². The number of hydrogen-bond acceptors (Lipinski definition) is 5. The third-order valence-corrected chi connectivity index (χ3v) is 5.48. The maximum atomic E-state index is 6.00. The van der Waals surface area contributed by atoms with Gasteiger partial charge in [0.25, 0.3) is 0 Å². The highest BCUT2D eigenvalue weighted by Gasteiger charge is 2.25. The second-order valence-electron chi connectivity index (χ2n) is 4.89. The zero-order valence-corrected chi connectivity index (χ0v) is 13.1. The number of nitrogens with two attached hydrogens (primary N) is 1. The zero-order valence-electron chi connectivity index (χ0n) is 12.3. The summed E-state index contributed by atoms with van der Waals surface area (Å²) in [7, 11) is 0. The first-order valence-corrected chi connectivity index (χ1v) is 8.18. The van der Waals surface area contributed by atoms with Crippen LogP contribution in [0.25, 0.3) is 11.0 Å². The molecule has 0 aliphatic rings. The molecule has 0 aliphatic heterocycles. The van der Waals surface area contributed by atoms with E-state index in [1.807, 2.05) is 36.0 Å². The van der Waals surface area contributed by atoms with Crippen molar-refractivity contribution >= 4 is 34.4 Å². The number of rotatable bonds is 6. The van der Waals surface area contributed by atoms with Crippen molar-refractivity contribution in [3.05, 3.63) is 24.3 Å². The van der Waals surface area contributed by atoms with Gasteiger partial charge in [0.2, 0.25) is 0 Å². The third kappa shape index (κ3) is 2.98. The van der Waals surface area contributed by atoms with E-state index < -0.39 is 0 Å². The summed E-state index contributed by atoms with van der Waals surface area (Å²) in [6.45, 7) is 5.28. The van der Waals surface area contributed by atoms with E-state index in [1.54, 1.807) is 0 Å². The molecule has 0 radical (unpaired) electrons. The van der Waals surface area contributed by atoms with Crippen molar-refractivity contribution in [2.24, 2.45) is 0 Å². The van der Waals surface area contributed by atoms with Crippen molar-refractivity contribution in [1.82, 2.24) is 9.97 Å². The second kappa shape index (κ2) is 6.31. The van der Waals surface area contributed by atoms with Crippen molar-refractivity contribution in [2.45, 2.75) is 31.4 Å². The molecule has 0 amide bonds. The Hall–Kier alpha value is -1.49. The molecule has 1 aromatic heterocycles. The highest BCUT2D eigenvalue weighted by Crippen LogP contribution is 2.31. The Morgan fingerprint density at radius 3 is 2.30 bits per heavy atom. The van der Waals surface area contributed by atoms with Gasteiger partial charge in [-0.15, -0.1) is 0 Å². The Kier molecular flexibility index (Phi) is 4.70. The fraction of sp³-hybridized carbons (Fsp3) is 0.467. The van der Waals surface area contributed by atoms with Gasteiger partial charge in [-0.2, -0.15) is 11.8 Å². The fourth-order valence-corrected chi connectivity index (χ4v) is 3.04. The van der Waals surface area contributed by atoms with Crippen LogP contribution in [0.15, 0.2) is 24.3 Å². The van der Waals surface area contributed by atoms with Gasteiger partial charge in [0.05, 0.1) is 11.0 Å². The molecule has 0 bridgehead atoms. The highest BCUT2D eigenvalue weighted by atomic mass is 32.2. The first kappa shape index (κ1) is 14.9. The molecule has 5 heteroatoms. The first-order valence-electron chi connectivity index (χ1n) is 6.95. The number of benzene rings is 1. The van der Waals surface area contributed by atoms with Gasteiger partial charge >= 0.3 is 0 Å². The predicted octanol–water partition coefficient (Wildman–Crippen LogP) is 3.55. The molecular weight excluding hydrogens is 268 g/mol. The van der Waals surface area contributed by atoms with E-state index in [4.69, 9.17) is 5.73 Å². The van der Waals surface area contributed by atoms with Gasteiger partial charge < -0.3 is 11.1 Å².